The molecule has 0 spiro atoms. The highest BCUT2D eigenvalue weighted by molar-refractivity contribution is 5.97. The van der Waals surface area contributed by atoms with Crippen LogP contribution in [0.2, 0.25) is 0 Å². The molecule has 0 heterocycles. The number of aliphatic carboxylic acids is 1. The maximum Gasteiger partial charge on any atom is 0.326 e. The Labute approximate surface area is 152 Å². The van der Waals surface area contributed by atoms with Crippen LogP contribution in [-0.2, 0) is 16.0 Å². The quantitative estimate of drug-likeness (QED) is 0.712. The molecular formula is C20H22N2O4. The van der Waals surface area contributed by atoms with E-state index in [2.05, 4.69) is 10.6 Å². The number of nitrogens with one attached hydrogen (secondary N) is 2. The zero-order chi connectivity index (χ0) is 19.1. The normalized spacial score (nSPS) is 11.7. The van der Waals surface area contributed by atoms with Gasteiger partial charge in [-0.3, -0.25) is 9.59 Å². The highest BCUT2D eigenvalue weighted by Gasteiger charge is 2.21. The van der Waals surface area contributed by atoms with Gasteiger partial charge < -0.3 is 15.7 Å². The van der Waals surface area contributed by atoms with Crippen molar-refractivity contribution in [1.29, 1.82) is 0 Å². The van der Waals surface area contributed by atoms with Crippen LogP contribution >= 0.6 is 0 Å². The van der Waals surface area contributed by atoms with Crippen LogP contribution in [0, 0.1) is 5.92 Å². The average molecular weight is 354 g/mol. The number of hydrogen-bond acceptors (Lipinski definition) is 3. The van der Waals surface area contributed by atoms with Crippen molar-refractivity contribution >= 4 is 23.5 Å². The third kappa shape index (κ3) is 5.44. The van der Waals surface area contributed by atoms with Crippen LogP contribution in [0.5, 0.6) is 0 Å². The second-order valence-corrected chi connectivity index (χ2v) is 6.28. The highest BCUT2D eigenvalue weighted by Crippen LogP contribution is 2.12. The van der Waals surface area contributed by atoms with Crippen LogP contribution in [-0.4, -0.2) is 28.9 Å². The fourth-order valence-corrected chi connectivity index (χ4v) is 2.28. The van der Waals surface area contributed by atoms with Gasteiger partial charge in [-0.2, -0.15) is 0 Å². The molecular weight excluding hydrogens is 332 g/mol. The molecule has 0 bridgehead atoms. The standard InChI is InChI=1S/C20H22N2O4/c1-13(2)18(23)21-16-10-8-15(9-11-16)19(24)22-17(20(25)26)12-14-6-4-3-5-7-14/h3-11,13,17H,12H2,1-2H3,(H,21,23)(H,22,24)(H,25,26)/t17-/m1/s1. The summed E-state index contributed by atoms with van der Waals surface area (Å²) in [5.41, 5.74) is 1.73. The van der Waals surface area contributed by atoms with E-state index >= 15 is 0 Å². The second-order valence-electron chi connectivity index (χ2n) is 6.28. The summed E-state index contributed by atoms with van der Waals surface area (Å²) in [7, 11) is 0. The molecule has 2 amide bonds. The number of carbonyl (C=O) groups is 3. The van der Waals surface area contributed by atoms with Crippen molar-refractivity contribution < 1.29 is 19.5 Å². The topological polar surface area (TPSA) is 95.5 Å². The lowest BCUT2D eigenvalue weighted by molar-refractivity contribution is -0.139. The molecule has 1 atom stereocenters. The number of carboxylic acid groups (broad SMARTS) is 1. The van der Waals surface area contributed by atoms with Crippen molar-refractivity contribution in [3.8, 4) is 0 Å². The lowest BCUT2D eigenvalue weighted by atomic mass is 10.1. The molecule has 6 nitrogen and oxygen atoms in total. The number of rotatable bonds is 7. The molecule has 2 aromatic rings. The Bertz CT molecular complexity index is 770. The van der Waals surface area contributed by atoms with Gasteiger partial charge in [-0.25, -0.2) is 4.79 Å². The fraction of sp³-hybridized carbons (Fsp3) is 0.250. The van der Waals surface area contributed by atoms with Crippen molar-refractivity contribution in [3.63, 3.8) is 0 Å². The van der Waals surface area contributed by atoms with Gasteiger partial charge in [0.2, 0.25) is 5.91 Å². The minimum absolute atomic E-state index is 0.115. The maximum absolute atomic E-state index is 12.3. The molecule has 0 radical (unpaired) electrons. The smallest absolute Gasteiger partial charge is 0.326 e. The largest absolute Gasteiger partial charge is 0.480 e. The van der Waals surface area contributed by atoms with Crippen molar-refractivity contribution in [1.82, 2.24) is 5.32 Å². The number of amides is 2. The van der Waals surface area contributed by atoms with Crippen molar-refractivity contribution in [2.45, 2.75) is 26.3 Å². The van der Waals surface area contributed by atoms with Crippen molar-refractivity contribution in [2.24, 2.45) is 5.92 Å². The number of carbonyl (C=O) groups excluding carboxylic acids is 2. The lowest BCUT2D eigenvalue weighted by Gasteiger charge is -2.15. The minimum atomic E-state index is -1.09. The highest BCUT2D eigenvalue weighted by atomic mass is 16.4. The summed E-state index contributed by atoms with van der Waals surface area (Å²) < 4.78 is 0. The van der Waals surface area contributed by atoms with Gasteiger partial charge in [0.1, 0.15) is 6.04 Å². The Kier molecular flexibility index (Phi) is 6.49. The van der Waals surface area contributed by atoms with Gasteiger partial charge in [0.25, 0.3) is 5.91 Å². The van der Waals surface area contributed by atoms with Crippen LogP contribution in [0.4, 0.5) is 5.69 Å². The van der Waals surface area contributed by atoms with Gasteiger partial charge in [-0.15, -0.1) is 0 Å². The summed E-state index contributed by atoms with van der Waals surface area (Å²) in [4.78, 5) is 35.4. The van der Waals surface area contributed by atoms with Crippen LogP contribution in [0.3, 0.4) is 0 Å². The number of carboxylic acids is 1. The average Bonchev–Trinajstić information content (AvgIpc) is 2.62. The first-order valence-corrected chi connectivity index (χ1v) is 8.35. The number of hydrogen-bond donors (Lipinski definition) is 3. The zero-order valence-electron chi connectivity index (χ0n) is 14.7. The Hall–Kier alpha value is -3.15. The summed E-state index contributed by atoms with van der Waals surface area (Å²) in [6.07, 6.45) is 0.199. The molecule has 0 unspecified atom stereocenters. The van der Waals surface area contributed by atoms with Gasteiger partial charge in [0, 0.05) is 23.6 Å². The molecule has 0 aliphatic rings. The molecule has 136 valence electrons. The van der Waals surface area contributed by atoms with Gasteiger partial charge in [-0.1, -0.05) is 44.2 Å². The fourth-order valence-electron chi connectivity index (χ4n) is 2.28. The molecule has 0 saturated carbocycles. The molecule has 0 fully saturated rings. The van der Waals surface area contributed by atoms with Crippen LogP contribution < -0.4 is 10.6 Å². The third-order valence-electron chi connectivity index (χ3n) is 3.83. The molecule has 3 N–H and O–H groups in total. The van der Waals surface area contributed by atoms with Gasteiger partial charge in [0.05, 0.1) is 0 Å². The summed E-state index contributed by atoms with van der Waals surface area (Å²) in [6.45, 7) is 3.58. The SMILES string of the molecule is CC(C)C(=O)Nc1ccc(C(=O)N[C@H](Cc2ccccc2)C(=O)O)cc1. The maximum atomic E-state index is 12.3. The van der Waals surface area contributed by atoms with E-state index in [0.29, 0.717) is 11.3 Å². The van der Waals surface area contributed by atoms with Gasteiger partial charge in [-0.05, 0) is 29.8 Å². The van der Waals surface area contributed by atoms with Gasteiger partial charge in [0.15, 0.2) is 0 Å². The Balaban J connectivity index is 2.02. The van der Waals surface area contributed by atoms with E-state index in [-0.39, 0.29) is 18.2 Å². The van der Waals surface area contributed by atoms with E-state index in [1.54, 1.807) is 38.1 Å². The first-order valence-electron chi connectivity index (χ1n) is 8.35. The Morgan fingerprint density at radius 3 is 2.12 bits per heavy atom. The van der Waals surface area contributed by atoms with Crippen LogP contribution in [0.25, 0.3) is 0 Å². The van der Waals surface area contributed by atoms with E-state index in [0.717, 1.165) is 5.56 Å². The molecule has 6 heteroatoms. The monoisotopic (exact) mass is 354 g/mol. The molecule has 0 aliphatic heterocycles. The Morgan fingerprint density at radius 2 is 1.58 bits per heavy atom. The van der Waals surface area contributed by atoms with E-state index in [4.69, 9.17) is 0 Å². The molecule has 26 heavy (non-hydrogen) atoms. The molecule has 2 rings (SSSR count). The number of benzene rings is 2. The first-order chi connectivity index (χ1) is 12.4. The van der Waals surface area contributed by atoms with Crippen LogP contribution in [0.1, 0.15) is 29.8 Å². The Morgan fingerprint density at radius 1 is 0.962 bits per heavy atom. The molecule has 0 saturated heterocycles. The molecule has 0 aromatic heterocycles. The lowest BCUT2D eigenvalue weighted by Crippen LogP contribution is -2.42. The minimum Gasteiger partial charge on any atom is -0.480 e. The van der Waals surface area contributed by atoms with Crippen molar-refractivity contribution in [3.05, 3.63) is 65.7 Å². The van der Waals surface area contributed by atoms with Gasteiger partial charge >= 0.3 is 5.97 Å². The summed E-state index contributed by atoms with van der Waals surface area (Å²) in [5, 5.41) is 14.6. The summed E-state index contributed by atoms with van der Waals surface area (Å²) in [5.74, 6) is -1.83. The van der Waals surface area contributed by atoms with E-state index in [9.17, 15) is 19.5 Å². The molecule has 2 aromatic carbocycles. The summed E-state index contributed by atoms with van der Waals surface area (Å²) in [6, 6.07) is 14.4. The number of anilines is 1. The zero-order valence-corrected chi connectivity index (χ0v) is 14.7. The predicted octanol–water partition coefficient (Wildman–Crippen LogP) is 2.71. The van der Waals surface area contributed by atoms with E-state index < -0.39 is 17.9 Å². The van der Waals surface area contributed by atoms with E-state index in [1.165, 1.54) is 0 Å². The first kappa shape index (κ1) is 19.2. The van der Waals surface area contributed by atoms with E-state index in [1.807, 2.05) is 30.3 Å². The van der Waals surface area contributed by atoms with Crippen molar-refractivity contribution in [2.75, 3.05) is 5.32 Å². The second kappa shape index (κ2) is 8.80. The predicted molar refractivity (Wildman–Crippen MR) is 98.9 cm³/mol. The third-order valence-corrected chi connectivity index (χ3v) is 3.83. The van der Waals surface area contributed by atoms with Crippen LogP contribution in [0.15, 0.2) is 54.6 Å². The molecule has 0 aliphatic carbocycles. The summed E-state index contributed by atoms with van der Waals surface area (Å²) >= 11 is 0.